The average Bonchev–Trinajstić information content (AvgIpc) is 3.12. The Bertz CT molecular complexity index is 1450. The lowest BCUT2D eigenvalue weighted by Gasteiger charge is -2.26. The number of nitrogens with zero attached hydrogens (tertiary/aromatic N) is 1. The number of hydrogen-bond donors (Lipinski definition) is 2. The topological polar surface area (TPSA) is 87.1 Å². The van der Waals surface area contributed by atoms with Crippen LogP contribution in [-0.4, -0.2) is 29.0 Å². The number of rotatable bonds is 4. The van der Waals surface area contributed by atoms with Gasteiger partial charge < -0.3 is 14.9 Å². The molecular weight excluding hydrogens is 499 g/mol. The lowest BCUT2D eigenvalue weighted by atomic mass is 9.84. The van der Waals surface area contributed by atoms with E-state index in [2.05, 4.69) is 0 Å². The third kappa shape index (κ3) is 4.83. The van der Waals surface area contributed by atoms with Gasteiger partial charge in [0.1, 0.15) is 17.3 Å². The Morgan fingerprint density at radius 1 is 0.947 bits per heavy atom. The van der Waals surface area contributed by atoms with Crippen LogP contribution >= 0.6 is 0 Å². The number of phenols is 1. The van der Waals surface area contributed by atoms with Crippen LogP contribution in [0, 0.1) is 0 Å². The molecule has 1 amide bonds. The van der Waals surface area contributed by atoms with Gasteiger partial charge in [-0.05, 0) is 59.5 Å². The summed E-state index contributed by atoms with van der Waals surface area (Å²) in [6.45, 7) is 5.82. The van der Waals surface area contributed by atoms with Crippen molar-refractivity contribution in [2.75, 3.05) is 12.0 Å². The maximum absolute atomic E-state index is 13.5. The molecule has 2 N–H and O–H groups in total. The first-order valence-electron chi connectivity index (χ1n) is 11.7. The SMILES string of the molecule is COc1ccc(/C(O)=C2/C(=O)C(=O)N(c3cccc(C(F)(F)F)c3)C2c2cccc(O)c2)cc1C(C)(C)C. The predicted molar refractivity (Wildman–Crippen MR) is 136 cm³/mol. The van der Waals surface area contributed by atoms with Crippen LogP contribution < -0.4 is 9.64 Å². The molecule has 1 saturated heterocycles. The normalized spacial score (nSPS) is 17.7. The first-order chi connectivity index (χ1) is 17.7. The molecule has 0 aliphatic carbocycles. The number of aliphatic hydroxyl groups excluding tert-OH is 1. The Labute approximate surface area is 217 Å². The summed E-state index contributed by atoms with van der Waals surface area (Å²) in [5.74, 6) is -2.30. The van der Waals surface area contributed by atoms with Crippen molar-refractivity contribution in [1.29, 1.82) is 0 Å². The summed E-state index contributed by atoms with van der Waals surface area (Å²) in [5, 5.41) is 21.5. The van der Waals surface area contributed by atoms with Gasteiger partial charge in [0.15, 0.2) is 0 Å². The Hall–Kier alpha value is -4.27. The van der Waals surface area contributed by atoms with E-state index in [1.54, 1.807) is 12.1 Å². The van der Waals surface area contributed by atoms with Crippen molar-refractivity contribution in [2.45, 2.75) is 38.4 Å². The number of halogens is 3. The molecule has 38 heavy (non-hydrogen) atoms. The molecule has 0 bridgehead atoms. The van der Waals surface area contributed by atoms with Gasteiger partial charge in [-0.1, -0.05) is 39.0 Å². The second-order valence-corrected chi connectivity index (χ2v) is 9.98. The van der Waals surface area contributed by atoms with Crippen LogP contribution in [-0.2, 0) is 21.2 Å². The molecule has 0 aromatic heterocycles. The minimum absolute atomic E-state index is 0.181. The molecule has 0 radical (unpaired) electrons. The number of methoxy groups -OCH3 is 1. The van der Waals surface area contributed by atoms with Crippen molar-refractivity contribution in [3.63, 3.8) is 0 Å². The van der Waals surface area contributed by atoms with E-state index >= 15 is 0 Å². The molecule has 3 aromatic rings. The Kier molecular flexibility index (Phi) is 6.73. The van der Waals surface area contributed by atoms with E-state index < -0.39 is 40.6 Å². The Morgan fingerprint density at radius 2 is 1.63 bits per heavy atom. The number of Topliss-reactive ketones (excluding diaryl/α,β-unsaturated/α-hetero) is 1. The Morgan fingerprint density at radius 3 is 2.24 bits per heavy atom. The fourth-order valence-corrected chi connectivity index (χ4v) is 4.54. The number of phenolic OH excluding ortho intramolecular Hbond substituents is 1. The molecule has 1 atom stereocenters. The molecule has 1 heterocycles. The fraction of sp³-hybridized carbons (Fsp3) is 0.241. The second kappa shape index (κ2) is 9.55. The molecule has 3 aromatic carbocycles. The quantitative estimate of drug-likeness (QED) is 0.236. The molecule has 9 heteroatoms. The van der Waals surface area contributed by atoms with E-state index in [0.717, 1.165) is 28.7 Å². The van der Waals surface area contributed by atoms with Crippen LogP contribution in [0.5, 0.6) is 11.5 Å². The summed E-state index contributed by atoms with van der Waals surface area (Å²) in [6.07, 6.45) is -4.68. The van der Waals surface area contributed by atoms with Gasteiger partial charge in [0.25, 0.3) is 11.7 Å². The highest BCUT2D eigenvalue weighted by molar-refractivity contribution is 6.51. The molecule has 1 unspecified atom stereocenters. The first kappa shape index (κ1) is 26.8. The van der Waals surface area contributed by atoms with Crippen LogP contribution in [0.2, 0.25) is 0 Å². The molecule has 1 aliphatic rings. The number of hydrogen-bond acceptors (Lipinski definition) is 5. The van der Waals surface area contributed by atoms with Crippen LogP contribution in [0.4, 0.5) is 18.9 Å². The molecule has 1 fully saturated rings. The molecule has 198 valence electrons. The average molecular weight is 526 g/mol. The van der Waals surface area contributed by atoms with Gasteiger partial charge in [-0.15, -0.1) is 0 Å². The van der Waals surface area contributed by atoms with Crippen molar-refractivity contribution in [1.82, 2.24) is 0 Å². The third-order valence-corrected chi connectivity index (χ3v) is 6.36. The van der Waals surface area contributed by atoms with E-state index in [-0.39, 0.29) is 28.1 Å². The van der Waals surface area contributed by atoms with E-state index in [1.807, 2.05) is 20.8 Å². The highest BCUT2D eigenvalue weighted by atomic mass is 19.4. The number of carbonyl (C=O) groups is 2. The largest absolute Gasteiger partial charge is 0.508 e. The molecule has 0 saturated carbocycles. The van der Waals surface area contributed by atoms with Gasteiger partial charge in [0.05, 0.1) is 24.3 Å². The van der Waals surface area contributed by atoms with Gasteiger partial charge in [-0.25, -0.2) is 0 Å². The summed E-state index contributed by atoms with van der Waals surface area (Å²) < 4.78 is 45.8. The fourth-order valence-electron chi connectivity index (χ4n) is 4.54. The molecule has 6 nitrogen and oxygen atoms in total. The van der Waals surface area contributed by atoms with Crippen LogP contribution in [0.15, 0.2) is 72.3 Å². The van der Waals surface area contributed by atoms with Gasteiger partial charge >= 0.3 is 6.18 Å². The monoisotopic (exact) mass is 525 g/mol. The number of amides is 1. The van der Waals surface area contributed by atoms with Crippen LogP contribution in [0.3, 0.4) is 0 Å². The zero-order chi connectivity index (χ0) is 28.0. The van der Waals surface area contributed by atoms with E-state index in [9.17, 15) is 33.0 Å². The number of benzene rings is 3. The predicted octanol–water partition coefficient (Wildman–Crippen LogP) is 6.34. The maximum Gasteiger partial charge on any atom is 0.416 e. The lowest BCUT2D eigenvalue weighted by molar-refractivity contribution is -0.137. The molecule has 4 rings (SSSR count). The van der Waals surface area contributed by atoms with Crippen LogP contribution in [0.25, 0.3) is 5.76 Å². The second-order valence-electron chi connectivity index (χ2n) is 9.98. The summed E-state index contributed by atoms with van der Waals surface area (Å²) in [5.41, 5.74) is -0.726. The highest BCUT2D eigenvalue weighted by Gasteiger charge is 2.47. The minimum atomic E-state index is -4.68. The zero-order valence-electron chi connectivity index (χ0n) is 21.1. The van der Waals surface area contributed by atoms with E-state index in [1.165, 1.54) is 43.5 Å². The lowest BCUT2D eigenvalue weighted by Crippen LogP contribution is -2.29. The van der Waals surface area contributed by atoms with Gasteiger partial charge in [0.2, 0.25) is 0 Å². The van der Waals surface area contributed by atoms with Gasteiger partial charge in [-0.3, -0.25) is 14.5 Å². The van der Waals surface area contributed by atoms with Gasteiger partial charge in [-0.2, -0.15) is 13.2 Å². The number of alkyl halides is 3. The van der Waals surface area contributed by atoms with Crippen molar-refractivity contribution >= 4 is 23.1 Å². The number of carbonyl (C=O) groups excluding carboxylic acids is 2. The molecule has 1 aliphatic heterocycles. The van der Waals surface area contributed by atoms with Gasteiger partial charge in [0, 0.05) is 16.8 Å². The summed E-state index contributed by atoms with van der Waals surface area (Å²) in [4.78, 5) is 27.5. The summed E-state index contributed by atoms with van der Waals surface area (Å²) >= 11 is 0. The first-order valence-corrected chi connectivity index (χ1v) is 11.7. The number of ether oxygens (including phenoxy) is 1. The number of aliphatic hydroxyl groups is 1. The van der Waals surface area contributed by atoms with Crippen LogP contribution in [0.1, 0.15) is 49.1 Å². The highest BCUT2D eigenvalue weighted by Crippen LogP contribution is 2.44. The van der Waals surface area contributed by atoms with Crippen molar-refractivity contribution in [3.05, 3.63) is 94.6 Å². The van der Waals surface area contributed by atoms with Crippen molar-refractivity contribution in [2.24, 2.45) is 0 Å². The third-order valence-electron chi connectivity index (χ3n) is 6.36. The number of anilines is 1. The molecular formula is C29H26F3NO5. The summed E-state index contributed by atoms with van der Waals surface area (Å²) in [7, 11) is 1.51. The van der Waals surface area contributed by atoms with E-state index in [0.29, 0.717) is 5.75 Å². The Balaban J connectivity index is 1.97. The number of aromatic hydroxyl groups is 1. The van der Waals surface area contributed by atoms with Crippen molar-refractivity contribution < 1.29 is 37.7 Å². The molecule has 0 spiro atoms. The maximum atomic E-state index is 13.5. The number of ketones is 1. The van der Waals surface area contributed by atoms with Crippen molar-refractivity contribution in [3.8, 4) is 11.5 Å². The summed E-state index contributed by atoms with van der Waals surface area (Å²) in [6, 6.07) is 13.2. The standard InChI is InChI=1S/C29H26F3NO5/c1-28(2,3)21-14-17(11-12-22(21)38-4)25(35)23-24(16-7-5-10-20(34)13-16)33(27(37)26(23)36)19-9-6-8-18(15-19)29(30,31)32/h5-15,24,34-35H,1-4H3/b25-23-. The minimum Gasteiger partial charge on any atom is -0.508 e. The smallest absolute Gasteiger partial charge is 0.416 e. The zero-order valence-corrected chi connectivity index (χ0v) is 21.1. The van der Waals surface area contributed by atoms with E-state index in [4.69, 9.17) is 4.74 Å².